The van der Waals surface area contributed by atoms with Crippen molar-refractivity contribution in [3.63, 3.8) is 0 Å². The van der Waals surface area contributed by atoms with Crippen molar-refractivity contribution in [1.82, 2.24) is 10.3 Å². The predicted octanol–water partition coefficient (Wildman–Crippen LogP) is 2.75. The fourth-order valence-corrected chi connectivity index (χ4v) is 2.13. The van der Waals surface area contributed by atoms with Crippen LogP contribution in [0.15, 0.2) is 30.5 Å². The Morgan fingerprint density at radius 3 is 3.00 bits per heavy atom. The number of aliphatic hydroxyl groups excluding tert-OH is 1. The Labute approximate surface area is 112 Å². The number of nitrogens with one attached hydrogen (secondary N) is 1. The number of aliphatic hydroxyl groups is 1. The van der Waals surface area contributed by atoms with Gasteiger partial charge in [-0.25, -0.2) is 0 Å². The van der Waals surface area contributed by atoms with Gasteiger partial charge >= 0.3 is 0 Å². The molecule has 0 aliphatic carbocycles. The number of hydrogen-bond acceptors (Lipinski definition) is 3. The van der Waals surface area contributed by atoms with Crippen LogP contribution in [0.5, 0.6) is 0 Å². The maximum atomic E-state index is 8.87. The molecule has 2 rings (SSSR count). The maximum Gasteiger partial charge on any atom is 0.0761 e. The molecule has 0 amide bonds. The minimum atomic E-state index is 0.202. The van der Waals surface area contributed by atoms with Crippen molar-refractivity contribution in [2.75, 3.05) is 6.61 Å². The summed E-state index contributed by atoms with van der Waals surface area (Å²) in [7, 11) is 0. The van der Waals surface area contributed by atoms with Gasteiger partial charge in [0.2, 0.25) is 0 Å². The molecule has 0 fully saturated rings. The number of aromatic nitrogens is 1. The molecule has 0 spiro atoms. The lowest BCUT2D eigenvalue weighted by Gasteiger charge is -2.13. The predicted molar refractivity (Wildman–Crippen MR) is 74.8 cm³/mol. The zero-order chi connectivity index (χ0) is 13.0. The smallest absolute Gasteiger partial charge is 0.0761 e. The third kappa shape index (κ3) is 2.99. The number of nitrogens with zero attached hydrogens (tertiary/aromatic N) is 1. The summed E-state index contributed by atoms with van der Waals surface area (Å²) in [5.41, 5.74) is 2.06. The third-order valence-electron chi connectivity index (χ3n) is 3.00. The summed E-state index contributed by atoms with van der Waals surface area (Å²) < 4.78 is 0. The molecule has 1 atom stereocenters. The van der Waals surface area contributed by atoms with Gasteiger partial charge in [-0.1, -0.05) is 17.7 Å². The average molecular weight is 265 g/mol. The van der Waals surface area contributed by atoms with Crippen molar-refractivity contribution >= 4 is 22.5 Å². The van der Waals surface area contributed by atoms with Crippen molar-refractivity contribution in [3.05, 3.63) is 41.0 Å². The summed E-state index contributed by atoms with van der Waals surface area (Å²) >= 11 is 6.15. The highest BCUT2D eigenvalue weighted by Gasteiger charge is 2.07. The van der Waals surface area contributed by atoms with Crippen LogP contribution in [-0.2, 0) is 6.54 Å². The van der Waals surface area contributed by atoms with E-state index in [9.17, 15) is 0 Å². The number of pyridine rings is 1. The van der Waals surface area contributed by atoms with Crippen LogP contribution < -0.4 is 5.32 Å². The van der Waals surface area contributed by atoms with Crippen LogP contribution in [0, 0.1) is 0 Å². The summed E-state index contributed by atoms with van der Waals surface area (Å²) in [6.45, 7) is 2.99. The number of rotatable bonds is 5. The minimum absolute atomic E-state index is 0.202. The van der Waals surface area contributed by atoms with E-state index in [2.05, 4.69) is 17.2 Å². The second kappa shape index (κ2) is 6.14. The monoisotopic (exact) mass is 264 g/mol. The fraction of sp³-hybridized carbons (Fsp3) is 0.357. The molecule has 1 aromatic heterocycles. The molecule has 0 saturated heterocycles. The van der Waals surface area contributed by atoms with E-state index in [1.165, 1.54) is 0 Å². The first-order chi connectivity index (χ1) is 8.72. The van der Waals surface area contributed by atoms with E-state index in [4.69, 9.17) is 16.7 Å². The van der Waals surface area contributed by atoms with Crippen LogP contribution in [-0.4, -0.2) is 22.7 Å². The summed E-state index contributed by atoms with van der Waals surface area (Å²) in [5.74, 6) is 0. The van der Waals surface area contributed by atoms with Gasteiger partial charge in [0.25, 0.3) is 0 Å². The summed E-state index contributed by atoms with van der Waals surface area (Å²) in [6, 6.07) is 8.05. The Balaban J connectivity index is 2.21. The SMILES string of the molecule is CC(CCO)NCc1ccc(Cl)c2cccnc12. The molecule has 0 aliphatic rings. The van der Waals surface area contributed by atoms with Crippen LogP contribution in [0.4, 0.5) is 0 Å². The largest absolute Gasteiger partial charge is 0.396 e. The molecule has 3 nitrogen and oxygen atoms in total. The molecular weight excluding hydrogens is 248 g/mol. The van der Waals surface area contributed by atoms with Crippen LogP contribution in [0.3, 0.4) is 0 Å². The molecule has 2 N–H and O–H groups in total. The first-order valence-corrected chi connectivity index (χ1v) is 6.46. The summed E-state index contributed by atoms with van der Waals surface area (Å²) in [4.78, 5) is 4.39. The molecule has 4 heteroatoms. The van der Waals surface area contributed by atoms with Gasteiger partial charge in [0.1, 0.15) is 0 Å². The standard InChI is InChI=1S/C14H17ClN2O/c1-10(6-8-18)17-9-11-4-5-13(15)12-3-2-7-16-14(11)12/h2-5,7,10,17-18H,6,8-9H2,1H3. The average Bonchev–Trinajstić information content (AvgIpc) is 2.39. The van der Waals surface area contributed by atoms with Gasteiger partial charge in [0.05, 0.1) is 5.52 Å². The van der Waals surface area contributed by atoms with Gasteiger partial charge in [0, 0.05) is 35.8 Å². The normalized spacial score (nSPS) is 12.8. The van der Waals surface area contributed by atoms with Crippen LogP contribution in [0.1, 0.15) is 18.9 Å². The Morgan fingerprint density at radius 2 is 2.22 bits per heavy atom. The van der Waals surface area contributed by atoms with E-state index < -0.39 is 0 Å². The van der Waals surface area contributed by atoms with E-state index in [-0.39, 0.29) is 12.6 Å². The van der Waals surface area contributed by atoms with E-state index in [1.54, 1.807) is 6.20 Å². The molecule has 96 valence electrons. The highest BCUT2D eigenvalue weighted by molar-refractivity contribution is 6.35. The Morgan fingerprint density at radius 1 is 1.39 bits per heavy atom. The molecule has 0 saturated carbocycles. The molecule has 0 aliphatic heterocycles. The molecule has 18 heavy (non-hydrogen) atoms. The molecule has 2 aromatic rings. The zero-order valence-electron chi connectivity index (χ0n) is 10.4. The molecule has 1 aromatic carbocycles. The van der Waals surface area contributed by atoms with Crippen molar-refractivity contribution < 1.29 is 5.11 Å². The van der Waals surface area contributed by atoms with Gasteiger partial charge in [-0.3, -0.25) is 4.98 Å². The van der Waals surface area contributed by atoms with Gasteiger partial charge in [-0.05, 0) is 37.1 Å². The van der Waals surface area contributed by atoms with Gasteiger partial charge < -0.3 is 10.4 Å². The number of halogens is 1. The lowest BCUT2D eigenvalue weighted by Crippen LogP contribution is -2.26. The van der Waals surface area contributed by atoms with Gasteiger partial charge in [-0.15, -0.1) is 0 Å². The van der Waals surface area contributed by atoms with Gasteiger partial charge in [0.15, 0.2) is 0 Å². The second-order valence-corrected chi connectivity index (χ2v) is 4.81. The van der Waals surface area contributed by atoms with Crippen molar-refractivity contribution in [3.8, 4) is 0 Å². The first kappa shape index (κ1) is 13.3. The summed E-state index contributed by atoms with van der Waals surface area (Å²) in [6.07, 6.45) is 2.53. The quantitative estimate of drug-likeness (QED) is 0.873. The van der Waals surface area contributed by atoms with Crippen LogP contribution in [0.2, 0.25) is 5.02 Å². The minimum Gasteiger partial charge on any atom is -0.396 e. The topological polar surface area (TPSA) is 45.1 Å². The fourth-order valence-electron chi connectivity index (χ4n) is 1.92. The molecule has 0 bridgehead atoms. The van der Waals surface area contributed by atoms with Crippen molar-refractivity contribution in [1.29, 1.82) is 0 Å². The highest BCUT2D eigenvalue weighted by Crippen LogP contribution is 2.24. The van der Waals surface area contributed by atoms with E-state index >= 15 is 0 Å². The second-order valence-electron chi connectivity index (χ2n) is 4.40. The Kier molecular flexibility index (Phi) is 4.53. The summed E-state index contributed by atoms with van der Waals surface area (Å²) in [5, 5.41) is 13.9. The molecule has 1 heterocycles. The number of fused-ring (bicyclic) bond motifs is 1. The van der Waals surface area contributed by atoms with E-state index in [0.717, 1.165) is 34.5 Å². The lowest BCUT2D eigenvalue weighted by molar-refractivity contribution is 0.269. The molecule has 1 unspecified atom stereocenters. The molecular formula is C14H17ClN2O. The zero-order valence-corrected chi connectivity index (χ0v) is 11.1. The first-order valence-electron chi connectivity index (χ1n) is 6.08. The maximum absolute atomic E-state index is 8.87. The Bertz CT molecular complexity index is 530. The van der Waals surface area contributed by atoms with Crippen LogP contribution >= 0.6 is 11.6 Å². The van der Waals surface area contributed by atoms with E-state index in [0.29, 0.717) is 0 Å². The van der Waals surface area contributed by atoms with Crippen LogP contribution in [0.25, 0.3) is 10.9 Å². The van der Waals surface area contributed by atoms with E-state index in [1.807, 2.05) is 24.3 Å². The Hall–Kier alpha value is -1.16. The number of hydrogen-bond donors (Lipinski definition) is 2. The lowest BCUT2D eigenvalue weighted by atomic mass is 10.1. The number of benzene rings is 1. The van der Waals surface area contributed by atoms with Crippen molar-refractivity contribution in [2.45, 2.75) is 25.9 Å². The third-order valence-corrected chi connectivity index (χ3v) is 3.33. The highest BCUT2D eigenvalue weighted by atomic mass is 35.5. The van der Waals surface area contributed by atoms with Gasteiger partial charge in [-0.2, -0.15) is 0 Å². The molecule has 0 radical (unpaired) electrons. The van der Waals surface area contributed by atoms with Crippen molar-refractivity contribution in [2.24, 2.45) is 0 Å².